The van der Waals surface area contributed by atoms with Gasteiger partial charge in [-0.15, -0.1) is 11.3 Å². The van der Waals surface area contributed by atoms with Gasteiger partial charge in [-0.25, -0.2) is 4.98 Å². The molecule has 0 fully saturated rings. The molecular formula is C13H20N6OS. The topological polar surface area (TPSA) is 84.9 Å². The van der Waals surface area contributed by atoms with Crippen LogP contribution in [-0.4, -0.2) is 39.6 Å². The van der Waals surface area contributed by atoms with Crippen molar-refractivity contribution in [3.8, 4) is 6.01 Å². The summed E-state index contributed by atoms with van der Waals surface area (Å²) < 4.78 is 5.37. The predicted molar refractivity (Wildman–Crippen MR) is 84.1 cm³/mol. The Kier molecular flexibility index (Phi) is 6.14. The normalized spacial score (nSPS) is 10.4. The van der Waals surface area contributed by atoms with Crippen LogP contribution in [0.25, 0.3) is 0 Å². The molecule has 0 unspecified atom stereocenters. The van der Waals surface area contributed by atoms with Crippen LogP contribution in [-0.2, 0) is 6.42 Å². The average Bonchev–Trinajstić information content (AvgIpc) is 2.99. The van der Waals surface area contributed by atoms with Crippen LogP contribution in [0.1, 0.15) is 26.0 Å². The minimum absolute atomic E-state index is 0.335. The van der Waals surface area contributed by atoms with E-state index in [1.165, 1.54) is 0 Å². The molecular weight excluding hydrogens is 288 g/mol. The molecule has 8 heteroatoms. The van der Waals surface area contributed by atoms with Gasteiger partial charge in [0.2, 0.25) is 11.9 Å². The van der Waals surface area contributed by atoms with Crippen LogP contribution in [0.4, 0.5) is 11.9 Å². The first-order valence-corrected chi connectivity index (χ1v) is 7.99. The minimum atomic E-state index is 0.335. The van der Waals surface area contributed by atoms with Gasteiger partial charge in [0, 0.05) is 24.9 Å². The number of aromatic nitrogens is 4. The van der Waals surface area contributed by atoms with Gasteiger partial charge in [-0.3, -0.25) is 0 Å². The zero-order valence-corrected chi connectivity index (χ0v) is 13.1. The monoisotopic (exact) mass is 308 g/mol. The van der Waals surface area contributed by atoms with Gasteiger partial charge >= 0.3 is 6.01 Å². The van der Waals surface area contributed by atoms with Gasteiger partial charge in [-0.2, -0.15) is 15.0 Å². The molecule has 0 saturated heterocycles. The van der Waals surface area contributed by atoms with Crippen molar-refractivity contribution in [2.75, 3.05) is 30.3 Å². The summed E-state index contributed by atoms with van der Waals surface area (Å²) in [5.41, 5.74) is 2.90. The number of hydrogen-bond acceptors (Lipinski definition) is 8. The maximum Gasteiger partial charge on any atom is 0.323 e. The molecule has 0 atom stereocenters. The Morgan fingerprint density at radius 2 is 1.86 bits per heavy atom. The molecule has 0 aliphatic rings. The molecule has 2 rings (SSSR count). The first-order chi connectivity index (χ1) is 10.3. The van der Waals surface area contributed by atoms with Gasteiger partial charge in [-0.05, 0) is 13.3 Å². The molecule has 2 heterocycles. The maximum absolute atomic E-state index is 5.37. The summed E-state index contributed by atoms with van der Waals surface area (Å²) in [6.45, 7) is 6.04. The van der Waals surface area contributed by atoms with E-state index in [9.17, 15) is 0 Å². The SMILES string of the molecule is CCCNc1nc(NCCc2cscn2)nc(OCC)n1. The van der Waals surface area contributed by atoms with Gasteiger partial charge in [0.1, 0.15) is 0 Å². The fourth-order valence-electron chi connectivity index (χ4n) is 1.61. The van der Waals surface area contributed by atoms with Crippen LogP contribution in [0.5, 0.6) is 6.01 Å². The number of hydrogen-bond donors (Lipinski definition) is 2. The van der Waals surface area contributed by atoms with Crippen molar-refractivity contribution < 1.29 is 4.74 Å². The molecule has 0 aromatic carbocycles. The lowest BCUT2D eigenvalue weighted by Gasteiger charge is -2.09. The number of ether oxygens (including phenoxy) is 1. The molecule has 0 aliphatic heterocycles. The Morgan fingerprint density at radius 3 is 2.48 bits per heavy atom. The van der Waals surface area contributed by atoms with Gasteiger partial charge in [-0.1, -0.05) is 6.92 Å². The molecule has 2 aromatic rings. The second-order valence-electron chi connectivity index (χ2n) is 4.28. The Labute approximate surface area is 128 Å². The number of nitrogens with one attached hydrogen (secondary N) is 2. The van der Waals surface area contributed by atoms with Gasteiger partial charge < -0.3 is 15.4 Å². The largest absolute Gasteiger partial charge is 0.464 e. The van der Waals surface area contributed by atoms with E-state index in [4.69, 9.17) is 4.74 Å². The fourth-order valence-corrected chi connectivity index (χ4v) is 2.20. The standard InChI is InChI=1S/C13H20N6OS/c1-3-6-14-11-17-12(19-13(18-11)20-4-2)15-7-5-10-8-21-9-16-10/h8-9H,3-7H2,1-2H3,(H2,14,15,17,18,19). The molecule has 21 heavy (non-hydrogen) atoms. The fraction of sp³-hybridized carbons (Fsp3) is 0.538. The number of anilines is 2. The molecule has 2 N–H and O–H groups in total. The average molecular weight is 308 g/mol. The van der Waals surface area contributed by atoms with Crippen molar-refractivity contribution in [2.24, 2.45) is 0 Å². The molecule has 0 spiro atoms. The summed E-state index contributed by atoms with van der Waals surface area (Å²) in [6.07, 6.45) is 1.83. The van der Waals surface area contributed by atoms with E-state index in [1.54, 1.807) is 11.3 Å². The number of thiazole rings is 1. The summed E-state index contributed by atoms with van der Waals surface area (Å²) in [7, 11) is 0. The zero-order chi connectivity index (χ0) is 14.9. The van der Waals surface area contributed by atoms with E-state index in [1.807, 2.05) is 17.8 Å². The van der Waals surface area contributed by atoms with Crippen molar-refractivity contribution in [3.63, 3.8) is 0 Å². The van der Waals surface area contributed by atoms with Gasteiger partial charge in [0.05, 0.1) is 17.8 Å². The maximum atomic E-state index is 5.37. The third-order valence-corrected chi connectivity index (χ3v) is 3.20. The van der Waals surface area contributed by atoms with E-state index in [-0.39, 0.29) is 0 Å². The summed E-state index contributed by atoms with van der Waals surface area (Å²) in [5, 5.41) is 8.36. The summed E-state index contributed by atoms with van der Waals surface area (Å²) >= 11 is 1.60. The van der Waals surface area contributed by atoms with E-state index in [0.29, 0.717) is 31.1 Å². The van der Waals surface area contributed by atoms with E-state index >= 15 is 0 Å². The Bertz CT molecular complexity index is 533. The number of rotatable bonds is 9. The third-order valence-electron chi connectivity index (χ3n) is 2.57. The number of nitrogens with zero attached hydrogens (tertiary/aromatic N) is 4. The highest BCUT2D eigenvalue weighted by molar-refractivity contribution is 7.07. The Balaban J connectivity index is 1.97. The van der Waals surface area contributed by atoms with E-state index in [0.717, 1.165) is 25.1 Å². The summed E-state index contributed by atoms with van der Waals surface area (Å²) in [6, 6.07) is 0.335. The lowest BCUT2D eigenvalue weighted by molar-refractivity contribution is 0.312. The van der Waals surface area contributed by atoms with Crippen LogP contribution in [0, 0.1) is 0 Å². The van der Waals surface area contributed by atoms with Crippen molar-refractivity contribution in [1.82, 2.24) is 19.9 Å². The lowest BCUT2D eigenvalue weighted by Crippen LogP contribution is -2.13. The van der Waals surface area contributed by atoms with Crippen LogP contribution in [0.15, 0.2) is 10.9 Å². The van der Waals surface area contributed by atoms with Crippen molar-refractivity contribution in [3.05, 3.63) is 16.6 Å². The highest BCUT2D eigenvalue weighted by Gasteiger charge is 2.07. The summed E-state index contributed by atoms with van der Waals surface area (Å²) in [4.78, 5) is 17.0. The molecule has 0 bridgehead atoms. The highest BCUT2D eigenvalue weighted by atomic mass is 32.1. The smallest absolute Gasteiger partial charge is 0.323 e. The molecule has 0 amide bonds. The van der Waals surface area contributed by atoms with Crippen LogP contribution >= 0.6 is 11.3 Å². The molecule has 7 nitrogen and oxygen atoms in total. The van der Waals surface area contributed by atoms with Crippen LogP contribution < -0.4 is 15.4 Å². The lowest BCUT2D eigenvalue weighted by atomic mass is 10.3. The predicted octanol–water partition coefficient (Wildman–Crippen LogP) is 2.20. The van der Waals surface area contributed by atoms with Crippen molar-refractivity contribution >= 4 is 23.2 Å². The second-order valence-corrected chi connectivity index (χ2v) is 5.00. The minimum Gasteiger partial charge on any atom is -0.464 e. The zero-order valence-electron chi connectivity index (χ0n) is 12.3. The van der Waals surface area contributed by atoms with E-state index in [2.05, 4.69) is 37.5 Å². The van der Waals surface area contributed by atoms with Crippen molar-refractivity contribution in [1.29, 1.82) is 0 Å². The second kappa shape index (κ2) is 8.35. The molecule has 0 radical (unpaired) electrons. The van der Waals surface area contributed by atoms with Gasteiger partial charge in [0.15, 0.2) is 0 Å². The molecule has 2 aromatic heterocycles. The third kappa shape index (κ3) is 5.14. The molecule has 114 valence electrons. The van der Waals surface area contributed by atoms with Crippen LogP contribution in [0.3, 0.4) is 0 Å². The summed E-state index contributed by atoms with van der Waals surface area (Å²) in [5.74, 6) is 1.05. The Hall–Kier alpha value is -1.96. The highest BCUT2D eigenvalue weighted by Crippen LogP contribution is 2.11. The van der Waals surface area contributed by atoms with Crippen LogP contribution in [0.2, 0.25) is 0 Å². The Morgan fingerprint density at radius 1 is 1.10 bits per heavy atom. The first kappa shape index (κ1) is 15.4. The molecule has 0 aliphatic carbocycles. The van der Waals surface area contributed by atoms with E-state index < -0.39 is 0 Å². The van der Waals surface area contributed by atoms with Gasteiger partial charge in [0.25, 0.3) is 0 Å². The first-order valence-electron chi connectivity index (χ1n) is 7.05. The quantitative estimate of drug-likeness (QED) is 0.734. The van der Waals surface area contributed by atoms with Crippen molar-refractivity contribution in [2.45, 2.75) is 26.7 Å². The molecule has 0 saturated carbocycles.